The van der Waals surface area contributed by atoms with E-state index in [1.807, 2.05) is 13.8 Å². The average molecular weight is 258 g/mol. The van der Waals surface area contributed by atoms with Crippen LogP contribution >= 0.6 is 0 Å². The smallest absolute Gasteiger partial charge is 0.106 e. The molecule has 0 saturated heterocycles. The third-order valence-corrected chi connectivity index (χ3v) is 4.03. The van der Waals surface area contributed by atoms with Crippen LogP contribution < -0.4 is 11.3 Å². The van der Waals surface area contributed by atoms with Crippen LogP contribution in [-0.4, -0.2) is 0 Å². The van der Waals surface area contributed by atoms with Gasteiger partial charge in [-0.25, -0.2) is 5.43 Å². The number of benzene rings is 1. The second-order valence-corrected chi connectivity index (χ2v) is 5.14. The summed E-state index contributed by atoms with van der Waals surface area (Å²) in [6.07, 6.45) is 0. The number of hydrazine groups is 1. The molecule has 0 spiro atoms. The van der Waals surface area contributed by atoms with Crippen molar-refractivity contribution in [3.63, 3.8) is 0 Å². The fourth-order valence-corrected chi connectivity index (χ4v) is 2.65. The van der Waals surface area contributed by atoms with Crippen molar-refractivity contribution in [2.75, 3.05) is 0 Å². The van der Waals surface area contributed by atoms with E-state index < -0.39 is 0 Å². The molecule has 3 heteroatoms. The molecule has 1 atom stereocenters. The van der Waals surface area contributed by atoms with Gasteiger partial charge in [0.25, 0.3) is 0 Å². The predicted octanol–water partition coefficient (Wildman–Crippen LogP) is 3.37. The highest BCUT2D eigenvalue weighted by Crippen LogP contribution is 2.33. The highest BCUT2D eigenvalue weighted by Gasteiger charge is 2.23. The van der Waals surface area contributed by atoms with E-state index in [0.717, 1.165) is 17.1 Å². The molecule has 0 saturated carbocycles. The number of rotatable bonds is 3. The number of hydrogen-bond donors (Lipinski definition) is 2. The molecule has 0 aliphatic carbocycles. The summed E-state index contributed by atoms with van der Waals surface area (Å²) in [4.78, 5) is 0. The summed E-state index contributed by atoms with van der Waals surface area (Å²) in [5, 5.41) is 0. The van der Waals surface area contributed by atoms with Gasteiger partial charge in [0.2, 0.25) is 0 Å². The Balaban J connectivity index is 2.60. The Morgan fingerprint density at radius 1 is 1.00 bits per heavy atom. The monoisotopic (exact) mass is 258 g/mol. The molecule has 1 aromatic heterocycles. The molecule has 1 heterocycles. The van der Waals surface area contributed by atoms with Crippen LogP contribution in [0.25, 0.3) is 0 Å². The van der Waals surface area contributed by atoms with Gasteiger partial charge in [0.05, 0.1) is 6.04 Å². The summed E-state index contributed by atoms with van der Waals surface area (Å²) in [5.74, 6) is 7.70. The van der Waals surface area contributed by atoms with Gasteiger partial charge in [0.1, 0.15) is 11.5 Å². The molecular weight excluding hydrogens is 236 g/mol. The van der Waals surface area contributed by atoms with E-state index in [2.05, 4.69) is 44.4 Å². The Kier molecular flexibility index (Phi) is 3.78. The molecule has 0 aliphatic rings. The van der Waals surface area contributed by atoms with E-state index in [9.17, 15) is 0 Å². The molecule has 0 aliphatic heterocycles. The molecule has 3 N–H and O–H groups in total. The summed E-state index contributed by atoms with van der Waals surface area (Å²) in [6.45, 7) is 10.3. The molecule has 0 radical (unpaired) electrons. The lowest BCUT2D eigenvalue weighted by atomic mass is 9.91. The van der Waals surface area contributed by atoms with Gasteiger partial charge in [-0.3, -0.25) is 5.84 Å². The fraction of sp³-hybridized carbons (Fsp3) is 0.375. The molecule has 0 amide bonds. The molecule has 102 valence electrons. The van der Waals surface area contributed by atoms with Crippen LogP contribution in [0.15, 0.2) is 22.6 Å². The summed E-state index contributed by atoms with van der Waals surface area (Å²) in [6, 6.07) is 6.28. The molecule has 1 aromatic carbocycles. The Morgan fingerprint density at radius 2 is 1.68 bits per heavy atom. The Hall–Kier alpha value is -1.58. The Morgan fingerprint density at radius 3 is 2.21 bits per heavy atom. The van der Waals surface area contributed by atoms with Gasteiger partial charge in [0, 0.05) is 5.56 Å². The van der Waals surface area contributed by atoms with Gasteiger partial charge in [-0.2, -0.15) is 0 Å². The van der Waals surface area contributed by atoms with Crippen LogP contribution in [0.4, 0.5) is 0 Å². The van der Waals surface area contributed by atoms with Gasteiger partial charge in [-0.15, -0.1) is 0 Å². The van der Waals surface area contributed by atoms with Crippen molar-refractivity contribution in [1.82, 2.24) is 5.43 Å². The minimum Gasteiger partial charge on any atom is -0.466 e. The van der Waals surface area contributed by atoms with Gasteiger partial charge in [0.15, 0.2) is 0 Å². The van der Waals surface area contributed by atoms with Crippen LogP contribution in [0.3, 0.4) is 0 Å². The van der Waals surface area contributed by atoms with E-state index in [1.165, 1.54) is 22.3 Å². The maximum atomic E-state index is 5.81. The first-order chi connectivity index (χ1) is 8.97. The lowest BCUT2D eigenvalue weighted by molar-refractivity contribution is 0.494. The number of furan rings is 1. The van der Waals surface area contributed by atoms with Crippen LogP contribution in [0.5, 0.6) is 0 Å². The number of hydrogen-bond acceptors (Lipinski definition) is 3. The van der Waals surface area contributed by atoms with Crippen molar-refractivity contribution in [3.8, 4) is 0 Å². The number of nitrogens with two attached hydrogens (primary N) is 1. The largest absolute Gasteiger partial charge is 0.466 e. The molecule has 3 nitrogen and oxygen atoms in total. The van der Waals surface area contributed by atoms with E-state index >= 15 is 0 Å². The maximum absolute atomic E-state index is 5.81. The highest BCUT2D eigenvalue weighted by atomic mass is 16.3. The quantitative estimate of drug-likeness (QED) is 0.655. The Bertz CT molecular complexity index is 599. The summed E-state index contributed by atoms with van der Waals surface area (Å²) < 4.78 is 5.72. The number of aryl methyl sites for hydroxylation is 3. The van der Waals surface area contributed by atoms with Gasteiger partial charge < -0.3 is 4.42 Å². The van der Waals surface area contributed by atoms with Crippen LogP contribution in [0.1, 0.15) is 45.4 Å². The van der Waals surface area contributed by atoms with Crippen molar-refractivity contribution in [2.45, 2.75) is 40.7 Å². The maximum Gasteiger partial charge on any atom is 0.106 e. The fourth-order valence-electron chi connectivity index (χ4n) is 2.65. The van der Waals surface area contributed by atoms with Crippen molar-refractivity contribution < 1.29 is 4.42 Å². The van der Waals surface area contributed by atoms with Crippen LogP contribution in [0, 0.1) is 34.6 Å². The lowest BCUT2D eigenvalue weighted by Gasteiger charge is -2.20. The van der Waals surface area contributed by atoms with E-state index in [-0.39, 0.29) is 6.04 Å². The van der Waals surface area contributed by atoms with Gasteiger partial charge in [-0.05, 0) is 56.9 Å². The van der Waals surface area contributed by atoms with E-state index in [0.29, 0.717) is 0 Å². The molecule has 0 bridgehead atoms. The SMILES string of the molecule is Cc1cccc(C(NN)c2c(C)oc(C)c2C)c1C. The topological polar surface area (TPSA) is 51.2 Å². The summed E-state index contributed by atoms with van der Waals surface area (Å²) >= 11 is 0. The normalized spacial score (nSPS) is 12.7. The molecule has 1 unspecified atom stereocenters. The van der Waals surface area contributed by atoms with Crippen LogP contribution in [-0.2, 0) is 0 Å². The molecule has 2 aromatic rings. The first-order valence-corrected chi connectivity index (χ1v) is 6.56. The lowest BCUT2D eigenvalue weighted by Crippen LogP contribution is -2.30. The predicted molar refractivity (Wildman–Crippen MR) is 78.0 cm³/mol. The summed E-state index contributed by atoms with van der Waals surface area (Å²) in [7, 11) is 0. The molecule has 19 heavy (non-hydrogen) atoms. The van der Waals surface area contributed by atoms with Crippen molar-refractivity contribution in [2.24, 2.45) is 5.84 Å². The standard InChI is InChI=1S/C16H22N2O/c1-9-7-6-8-14(10(9)2)16(18-17)15-11(3)12(4)19-13(15)5/h6-8,16,18H,17H2,1-5H3. The molecule has 2 rings (SSSR count). The van der Waals surface area contributed by atoms with Crippen molar-refractivity contribution in [1.29, 1.82) is 0 Å². The average Bonchev–Trinajstić information content (AvgIpc) is 2.62. The van der Waals surface area contributed by atoms with Gasteiger partial charge >= 0.3 is 0 Å². The minimum absolute atomic E-state index is 0.0302. The van der Waals surface area contributed by atoms with Gasteiger partial charge in [-0.1, -0.05) is 18.2 Å². The second-order valence-electron chi connectivity index (χ2n) is 5.14. The zero-order valence-electron chi connectivity index (χ0n) is 12.3. The van der Waals surface area contributed by atoms with Crippen molar-refractivity contribution >= 4 is 0 Å². The second kappa shape index (κ2) is 5.19. The van der Waals surface area contributed by atoms with E-state index in [4.69, 9.17) is 10.3 Å². The summed E-state index contributed by atoms with van der Waals surface area (Å²) in [5.41, 5.74) is 8.99. The van der Waals surface area contributed by atoms with Crippen molar-refractivity contribution in [3.05, 3.63) is 57.5 Å². The first-order valence-electron chi connectivity index (χ1n) is 6.56. The minimum atomic E-state index is -0.0302. The third-order valence-electron chi connectivity index (χ3n) is 4.03. The molecule has 0 fully saturated rings. The zero-order chi connectivity index (χ0) is 14.2. The third kappa shape index (κ3) is 2.31. The van der Waals surface area contributed by atoms with Crippen LogP contribution in [0.2, 0.25) is 0 Å². The number of nitrogens with one attached hydrogen (secondary N) is 1. The Labute approximate surface area is 114 Å². The highest BCUT2D eigenvalue weighted by molar-refractivity contribution is 5.45. The molecular formula is C16H22N2O. The zero-order valence-corrected chi connectivity index (χ0v) is 12.3. The van der Waals surface area contributed by atoms with E-state index in [1.54, 1.807) is 0 Å². The first kappa shape index (κ1) is 13.8.